The van der Waals surface area contributed by atoms with Crippen molar-refractivity contribution in [1.29, 1.82) is 0 Å². The number of hydrogen-bond acceptors (Lipinski definition) is 5. The molecule has 1 aromatic rings. The Bertz CT molecular complexity index is 727. The number of nitrogens with zero attached hydrogens (tertiary/aromatic N) is 2. The third-order valence-electron chi connectivity index (χ3n) is 3.96. The van der Waals surface area contributed by atoms with Crippen LogP contribution in [0.4, 0.5) is 28.4 Å². The van der Waals surface area contributed by atoms with Crippen molar-refractivity contribution in [1.82, 2.24) is 9.80 Å². The predicted molar refractivity (Wildman–Crippen MR) is 92.9 cm³/mol. The number of piperazine rings is 1. The fourth-order valence-electron chi connectivity index (χ4n) is 2.78. The van der Waals surface area contributed by atoms with E-state index in [4.69, 9.17) is 4.74 Å². The summed E-state index contributed by atoms with van der Waals surface area (Å²) in [5, 5.41) is 11.8. The highest BCUT2D eigenvalue weighted by molar-refractivity contribution is 5.90. The first-order valence-electron chi connectivity index (χ1n) is 8.66. The minimum atomic E-state index is -4.76. The van der Waals surface area contributed by atoms with Gasteiger partial charge in [-0.1, -0.05) is 0 Å². The molecule has 1 unspecified atom stereocenters. The summed E-state index contributed by atoms with van der Waals surface area (Å²) in [6.45, 7) is 6.14. The highest BCUT2D eigenvalue weighted by Crippen LogP contribution is 2.37. The Morgan fingerprint density at radius 3 is 2.50 bits per heavy atom. The summed E-state index contributed by atoms with van der Waals surface area (Å²) >= 11 is 0. The zero-order valence-electron chi connectivity index (χ0n) is 16.1. The van der Waals surface area contributed by atoms with Gasteiger partial charge in [0.25, 0.3) is 0 Å². The van der Waals surface area contributed by atoms with E-state index in [-0.39, 0.29) is 25.4 Å². The van der Waals surface area contributed by atoms with E-state index in [0.29, 0.717) is 0 Å². The van der Waals surface area contributed by atoms with Crippen LogP contribution >= 0.6 is 0 Å². The summed E-state index contributed by atoms with van der Waals surface area (Å²) in [6.07, 6.45) is -5.35. The third-order valence-corrected chi connectivity index (χ3v) is 3.96. The number of furan rings is 1. The first kappa shape index (κ1) is 21.9. The molecule has 0 spiro atoms. The van der Waals surface area contributed by atoms with Crippen molar-refractivity contribution in [2.24, 2.45) is 0 Å². The monoisotopic (exact) mass is 407 g/mol. The van der Waals surface area contributed by atoms with Crippen LogP contribution in [0.25, 0.3) is 0 Å². The second-order valence-corrected chi connectivity index (χ2v) is 7.48. The molecule has 11 heteroatoms. The SMILES string of the molecule is Cc1cc(NC(=O)N2CCN(C(=O)OC(C)(C)C)CC2CO)c(C(F)(F)F)o1. The van der Waals surface area contributed by atoms with Gasteiger partial charge in [-0.25, -0.2) is 9.59 Å². The summed E-state index contributed by atoms with van der Waals surface area (Å²) in [5.74, 6) is -1.30. The van der Waals surface area contributed by atoms with Crippen molar-refractivity contribution in [2.75, 3.05) is 31.6 Å². The highest BCUT2D eigenvalue weighted by atomic mass is 19.4. The molecule has 0 saturated carbocycles. The van der Waals surface area contributed by atoms with Crippen LogP contribution in [-0.4, -0.2) is 64.9 Å². The van der Waals surface area contributed by atoms with Gasteiger partial charge in [0.15, 0.2) is 0 Å². The highest BCUT2D eigenvalue weighted by Gasteiger charge is 2.40. The molecule has 1 fully saturated rings. The second-order valence-electron chi connectivity index (χ2n) is 7.48. The minimum Gasteiger partial charge on any atom is -0.455 e. The molecule has 0 radical (unpaired) electrons. The fourth-order valence-corrected chi connectivity index (χ4v) is 2.78. The van der Waals surface area contributed by atoms with Gasteiger partial charge in [-0.05, 0) is 27.7 Å². The second kappa shape index (κ2) is 7.90. The maximum absolute atomic E-state index is 13.0. The number of halogens is 3. The topological polar surface area (TPSA) is 95.3 Å². The molecule has 2 rings (SSSR count). The quantitative estimate of drug-likeness (QED) is 0.786. The molecule has 8 nitrogen and oxygen atoms in total. The number of carbonyl (C=O) groups is 2. The van der Waals surface area contributed by atoms with Crippen molar-refractivity contribution in [2.45, 2.75) is 45.5 Å². The zero-order valence-corrected chi connectivity index (χ0v) is 16.1. The standard InChI is InChI=1S/C17H24F3N3O5/c1-10-7-12(13(27-10)17(18,19)20)21-14(25)23-6-5-22(8-11(23)9-24)15(26)28-16(2,3)4/h7,11,24H,5-6,8-9H2,1-4H3,(H,21,25). The lowest BCUT2D eigenvalue weighted by Crippen LogP contribution is -2.59. The Balaban J connectivity index is 2.08. The van der Waals surface area contributed by atoms with Gasteiger partial charge in [0.05, 0.1) is 18.3 Å². The van der Waals surface area contributed by atoms with Crippen molar-refractivity contribution in [3.05, 3.63) is 17.6 Å². The van der Waals surface area contributed by atoms with Crippen LogP contribution in [0.5, 0.6) is 0 Å². The Hall–Kier alpha value is -2.43. The number of anilines is 1. The summed E-state index contributed by atoms with van der Waals surface area (Å²) in [7, 11) is 0. The van der Waals surface area contributed by atoms with E-state index in [1.807, 2.05) is 0 Å². The number of alkyl halides is 3. The lowest BCUT2D eigenvalue weighted by molar-refractivity contribution is -0.152. The molecule has 28 heavy (non-hydrogen) atoms. The maximum atomic E-state index is 13.0. The van der Waals surface area contributed by atoms with Crippen LogP contribution in [-0.2, 0) is 10.9 Å². The molecular formula is C17H24F3N3O5. The van der Waals surface area contributed by atoms with Gasteiger partial charge < -0.3 is 29.4 Å². The number of carbonyl (C=O) groups excluding carboxylic acids is 2. The largest absolute Gasteiger partial charge is 0.455 e. The fraction of sp³-hybridized carbons (Fsp3) is 0.647. The van der Waals surface area contributed by atoms with Crippen molar-refractivity contribution in [3.8, 4) is 0 Å². The van der Waals surface area contributed by atoms with E-state index in [1.165, 1.54) is 16.7 Å². The number of aryl methyl sites for hydroxylation is 1. The molecular weight excluding hydrogens is 383 g/mol. The molecule has 2 heterocycles. The lowest BCUT2D eigenvalue weighted by atomic mass is 10.2. The number of rotatable bonds is 2. The first-order valence-corrected chi connectivity index (χ1v) is 8.66. The van der Waals surface area contributed by atoms with Crippen LogP contribution < -0.4 is 5.32 Å². The average Bonchev–Trinajstić information content (AvgIpc) is 2.93. The Labute approximate surface area is 160 Å². The van der Waals surface area contributed by atoms with Crippen LogP contribution in [0.15, 0.2) is 10.5 Å². The lowest BCUT2D eigenvalue weighted by Gasteiger charge is -2.40. The van der Waals surface area contributed by atoms with Crippen LogP contribution in [0.2, 0.25) is 0 Å². The Kier molecular flexibility index (Phi) is 6.17. The van der Waals surface area contributed by atoms with Gasteiger partial charge >= 0.3 is 18.3 Å². The molecule has 1 aliphatic rings. The Morgan fingerprint density at radius 1 is 1.32 bits per heavy atom. The molecule has 2 N–H and O–H groups in total. The van der Waals surface area contributed by atoms with Crippen LogP contribution in [0.3, 0.4) is 0 Å². The number of aliphatic hydroxyl groups is 1. The van der Waals surface area contributed by atoms with Gasteiger partial charge in [0.1, 0.15) is 11.4 Å². The smallest absolute Gasteiger partial charge is 0.451 e. The van der Waals surface area contributed by atoms with E-state index >= 15 is 0 Å². The van der Waals surface area contributed by atoms with Crippen LogP contribution in [0.1, 0.15) is 32.3 Å². The van der Waals surface area contributed by atoms with E-state index in [0.717, 1.165) is 6.07 Å². The predicted octanol–water partition coefficient (Wildman–Crippen LogP) is 3.05. The number of amides is 3. The van der Waals surface area contributed by atoms with E-state index in [1.54, 1.807) is 20.8 Å². The summed E-state index contributed by atoms with van der Waals surface area (Å²) in [4.78, 5) is 27.2. The van der Waals surface area contributed by atoms with Crippen molar-refractivity contribution < 1.29 is 37.0 Å². The van der Waals surface area contributed by atoms with Gasteiger partial charge in [-0.2, -0.15) is 13.2 Å². The normalized spacial score (nSPS) is 18.2. The molecule has 1 saturated heterocycles. The van der Waals surface area contributed by atoms with Crippen molar-refractivity contribution in [3.63, 3.8) is 0 Å². The molecule has 1 atom stereocenters. The molecule has 3 amide bonds. The summed E-state index contributed by atoms with van der Waals surface area (Å²) in [6, 6.07) is -0.538. The van der Waals surface area contributed by atoms with Gasteiger partial charge in [0, 0.05) is 25.7 Å². The average molecular weight is 407 g/mol. The molecule has 0 bridgehead atoms. The zero-order chi connectivity index (χ0) is 21.3. The summed E-state index contributed by atoms with van der Waals surface area (Å²) < 4.78 is 49.0. The maximum Gasteiger partial charge on any atom is 0.451 e. The number of aliphatic hydroxyl groups excluding tert-OH is 1. The molecule has 0 aromatic carbocycles. The molecule has 1 aliphatic heterocycles. The minimum absolute atomic E-state index is 0.00363. The van der Waals surface area contributed by atoms with Crippen LogP contribution in [0, 0.1) is 6.92 Å². The number of urea groups is 1. The number of ether oxygens (including phenoxy) is 1. The van der Waals surface area contributed by atoms with E-state index in [9.17, 15) is 27.9 Å². The van der Waals surface area contributed by atoms with Gasteiger partial charge in [-0.15, -0.1) is 0 Å². The third kappa shape index (κ3) is 5.31. The van der Waals surface area contributed by atoms with Gasteiger partial charge in [-0.3, -0.25) is 0 Å². The van der Waals surface area contributed by atoms with Gasteiger partial charge in [0.2, 0.25) is 5.76 Å². The number of hydrogen-bond donors (Lipinski definition) is 2. The number of nitrogens with one attached hydrogen (secondary N) is 1. The summed E-state index contributed by atoms with van der Waals surface area (Å²) in [5.41, 5.74) is -1.20. The van der Waals surface area contributed by atoms with Crippen molar-refractivity contribution >= 4 is 17.8 Å². The van der Waals surface area contributed by atoms with E-state index in [2.05, 4.69) is 9.73 Å². The molecule has 0 aliphatic carbocycles. The molecule has 158 valence electrons. The van der Waals surface area contributed by atoms with E-state index < -0.39 is 48.0 Å². The first-order chi connectivity index (χ1) is 12.8. The Morgan fingerprint density at radius 2 is 1.96 bits per heavy atom. The molecule has 1 aromatic heterocycles.